The summed E-state index contributed by atoms with van der Waals surface area (Å²) in [4.78, 5) is 12.5. The Balaban J connectivity index is 1.23. The molecule has 268 valence electrons. The van der Waals surface area contributed by atoms with Crippen LogP contribution in [-0.4, -0.2) is 19.1 Å². The van der Waals surface area contributed by atoms with Crippen molar-refractivity contribution in [1.82, 2.24) is 19.1 Å². The van der Waals surface area contributed by atoms with Crippen LogP contribution in [0.25, 0.3) is 55.2 Å². The van der Waals surface area contributed by atoms with E-state index >= 15 is 0 Å². The van der Waals surface area contributed by atoms with Gasteiger partial charge in [-0.25, -0.2) is 9.97 Å². The van der Waals surface area contributed by atoms with E-state index in [0.29, 0.717) is 0 Å². The maximum absolute atomic E-state index is 5.12. The molecule has 0 spiro atoms. The standard InChI is InChI=1S/C50H43N5/c1-48(2,3)30-25-36-35-28-39-44(29-43(35)55-45(36)40(26-30)50(6,7)38-20-14-24-52-47(38)55)53(42-22-11-9-19-37(42)49(39,4)5)31-15-12-16-32(27-31)54-41-21-10-8-17-33(41)34-18-13-23-51-46(34)54/h8-29H,1-7H3. The SMILES string of the molecule is CC(C)(C)c1cc2c3c(c1)c1cc4c(cc1n3-c1ncccc1C2(C)C)N(c1cccc(-n2c3ccccc3c3cccnc32)c1)c1ccccc1C4(C)C. The summed E-state index contributed by atoms with van der Waals surface area (Å²) in [7, 11) is 0. The van der Waals surface area contributed by atoms with E-state index < -0.39 is 0 Å². The molecular weight excluding hydrogens is 671 g/mol. The van der Waals surface area contributed by atoms with E-state index in [1.807, 2.05) is 18.5 Å². The molecule has 0 bridgehead atoms. The molecule has 5 aromatic carbocycles. The van der Waals surface area contributed by atoms with E-state index in [2.05, 4.69) is 178 Å². The van der Waals surface area contributed by atoms with Crippen LogP contribution in [0.15, 0.2) is 134 Å². The smallest absolute Gasteiger partial charge is 0.145 e. The van der Waals surface area contributed by atoms with Crippen LogP contribution in [0.4, 0.5) is 17.1 Å². The van der Waals surface area contributed by atoms with Crippen molar-refractivity contribution < 1.29 is 0 Å². The van der Waals surface area contributed by atoms with E-state index in [1.54, 1.807) is 0 Å². The van der Waals surface area contributed by atoms with Gasteiger partial charge in [0.05, 0.1) is 27.9 Å². The van der Waals surface area contributed by atoms with Gasteiger partial charge in [-0.2, -0.15) is 0 Å². The molecule has 5 nitrogen and oxygen atoms in total. The minimum atomic E-state index is -0.251. The molecule has 4 aromatic heterocycles. The molecule has 0 unspecified atom stereocenters. The summed E-state index contributed by atoms with van der Waals surface area (Å²) < 4.78 is 4.76. The van der Waals surface area contributed by atoms with Gasteiger partial charge in [-0.3, -0.25) is 9.13 Å². The van der Waals surface area contributed by atoms with E-state index in [-0.39, 0.29) is 16.2 Å². The van der Waals surface area contributed by atoms with Crippen molar-refractivity contribution in [3.8, 4) is 11.5 Å². The lowest BCUT2D eigenvalue weighted by Crippen LogP contribution is -2.30. The summed E-state index contributed by atoms with van der Waals surface area (Å²) >= 11 is 0. The lowest BCUT2D eigenvalue weighted by Gasteiger charge is -2.42. The van der Waals surface area contributed by atoms with Crippen molar-refractivity contribution in [2.75, 3.05) is 4.90 Å². The highest BCUT2D eigenvalue weighted by atomic mass is 15.2. The predicted molar refractivity (Wildman–Crippen MR) is 228 cm³/mol. The Morgan fingerprint density at radius 1 is 0.491 bits per heavy atom. The van der Waals surface area contributed by atoms with Crippen LogP contribution in [-0.2, 0) is 16.2 Å². The lowest BCUT2D eigenvalue weighted by atomic mass is 9.72. The fourth-order valence-corrected chi connectivity index (χ4v) is 9.78. The Morgan fingerprint density at radius 2 is 1.20 bits per heavy atom. The molecule has 2 aliphatic heterocycles. The van der Waals surface area contributed by atoms with Crippen LogP contribution in [0.1, 0.15) is 76.3 Å². The van der Waals surface area contributed by atoms with Crippen LogP contribution in [0.2, 0.25) is 0 Å². The van der Waals surface area contributed by atoms with Crippen molar-refractivity contribution in [1.29, 1.82) is 0 Å². The molecule has 0 saturated heterocycles. The number of hydrogen-bond acceptors (Lipinski definition) is 3. The maximum Gasteiger partial charge on any atom is 0.145 e. The average molecular weight is 714 g/mol. The molecule has 11 rings (SSSR count). The third kappa shape index (κ3) is 4.24. The molecule has 0 amide bonds. The summed E-state index contributed by atoms with van der Waals surface area (Å²) in [6.45, 7) is 16.5. The number of aromatic nitrogens is 4. The highest BCUT2D eigenvalue weighted by Crippen LogP contribution is 2.55. The number of fused-ring (bicyclic) bond motifs is 10. The molecule has 0 saturated carbocycles. The first-order valence-corrected chi connectivity index (χ1v) is 19.4. The van der Waals surface area contributed by atoms with Crippen molar-refractivity contribution >= 4 is 60.8 Å². The summed E-state index contributed by atoms with van der Waals surface area (Å²) in [6.07, 6.45) is 3.84. The number of para-hydroxylation sites is 2. The average Bonchev–Trinajstić information content (AvgIpc) is 3.69. The number of nitrogens with zero attached hydrogens (tertiary/aromatic N) is 5. The largest absolute Gasteiger partial charge is 0.310 e. The van der Waals surface area contributed by atoms with Gasteiger partial charge in [0.2, 0.25) is 0 Å². The first-order valence-electron chi connectivity index (χ1n) is 19.4. The summed E-state index contributed by atoms with van der Waals surface area (Å²) in [5.41, 5.74) is 15.2. The van der Waals surface area contributed by atoms with Crippen molar-refractivity contribution in [2.24, 2.45) is 0 Å². The second-order valence-corrected chi connectivity index (χ2v) is 17.6. The summed E-state index contributed by atoms with van der Waals surface area (Å²) in [5.74, 6) is 1.02. The quantitative estimate of drug-likeness (QED) is 0.179. The molecule has 55 heavy (non-hydrogen) atoms. The molecule has 9 aromatic rings. The molecule has 0 N–H and O–H groups in total. The van der Waals surface area contributed by atoms with Crippen molar-refractivity contribution in [3.05, 3.63) is 162 Å². The molecule has 0 fully saturated rings. The lowest BCUT2D eigenvalue weighted by molar-refractivity contribution is 0.581. The van der Waals surface area contributed by atoms with Gasteiger partial charge in [0.1, 0.15) is 11.5 Å². The van der Waals surface area contributed by atoms with Gasteiger partial charge < -0.3 is 4.90 Å². The first kappa shape index (κ1) is 32.2. The van der Waals surface area contributed by atoms with Gasteiger partial charge in [0.15, 0.2) is 0 Å². The van der Waals surface area contributed by atoms with E-state index in [0.717, 1.165) is 33.7 Å². The number of hydrogen-bond donors (Lipinski definition) is 0. The minimum absolute atomic E-state index is 0.00939. The topological polar surface area (TPSA) is 38.9 Å². The van der Waals surface area contributed by atoms with E-state index in [9.17, 15) is 0 Å². The van der Waals surface area contributed by atoms with Crippen LogP contribution < -0.4 is 4.90 Å². The fourth-order valence-electron chi connectivity index (χ4n) is 9.78. The molecule has 0 radical (unpaired) electrons. The number of pyridine rings is 2. The van der Waals surface area contributed by atoms with Crippen LogP contribution in [0, 0.1) is 0 Å². The molecular formula is C50H43N5. The van der Waals surface area contributed by atoms with Gasteiger partial charge >= 0.3 is 0 Å². The van der Waals surface area contributed by atoms with Crippen LogP contribution in [0.5, 0.6) is 0 Å². The molecule has 6 heterocycles. The molecule has 0 aliphatic carbocycles. The zero-order valence-electron chi connectivity index (χ0n) is 32.4. The van der Waals surface area contributed by atoms with Gasteiger partial charge in [-0.15, -0.1) is 0 Å². The van der Waals surface area contributed by atoms with Gasteiger partial charge in [-0.05, 0) is 94.4 Å². The van der Waals surface area contributed by atoms with Crippen LogP contribution >= 0.6 is 0 Å². The Morgan fingerprint density at radius 3 is 2.05 bits per heavy atom. The van der Waals surface area contributed by atoms with Gasteiger partial charge in [-0.1, -0.05) is 103 Å². The predicted octanol–water partition coefficient (Wildman–Crippen LogP) is 12.7. The summed E-state index contributed by atoms with van der Waals surface area (Å²) in [5, 5.41) is 4.93. The Kier molecular flexibility index (Phi) is 6.29. The Hall–Kier alpha value is -6.20. The minimum Gasteiger partial charge on any atom is -0.310 e. The zero-order valence-corrected chi connectivity index (χ0v) is 32.4. The Bertz CT molecular complexity index is 3040. The molecule has 0 atom stereocenters. The molecule has 5 heteroatoms. The Labute approximate surface area is 321 Å². The first-order chi connectivity index (χ1) is 26.4. The monoisotopic (exact) mass is 713 g/mol. The van der Waals surface area contributed by atoms with E-state index in [1.165, 1.54) is 66.4 Å². The third-order valence-electron chi connectivity index (χ3n) is 12.7. The van der Waals surface area contributed by atoms with Crippen molar-refractivity contribution in [2.45, 2.75) is 64.7 Å². The van der Waals surface area contributed by atoms with Crippen LogP contribution in [0.3, 0.4) is 0 Å². The van der Waals surface area contributed by atoms with E-state index in [4.69, 9.17) is 9.97 Å². The maximum atomic E-state index is 5.12. The summed E-state index contributed by atoms with van der Waals surface area (Å²) in [6, 6.07) is 45.0. The van der Waals surface area contributed by atoms with Gasteiger partial charge in [0, 0.05) is 61.7 Å². The second kappa shape index (κ2) is 10.7. The number of rotatable bonds is 2. The normalized spacial score (nSPS) is 15.4. The molecule has 2 aliphatic rings. The number of anilines is 3. The van der Waals surface area contributed by atoms with Gasteiger partial charge in [0.25, 0.3) is 0 Å². The highest BCUT2D eigenvalue weighted by Gasteiger charge is 2.41. The third-order valence-corrected chi connectivity index (χ3v) is 12.7. The zero-order chi connectivity index (χ0) is 37.6. The fraction of sp³-hybridized carbons (Fsp3) is 0.200. The second-order valence-electron chi connectivity index (χ2n) is 17.6. The highest BCUT2D eigenvalue weighted by molar-refractivity contribution is 6.14. The number of benzene rings is 5. The van der Waals surface area contributed by atoms with Crippen molar-refractivity contribution in [3.63, 3.8) is 0 Å².